The highest BCUT2D eigenvalue weighted by atomic mass is 16.7. The van der Waals surface area contributed by atoms with Crippen LogP contribution in [0, 0.1) is 0 Å². The van der Waals surface area contributed by atoms with E-state index < -0.39 is 0 Å². The van der Waals surface area contributed by atoms with Crippen LogP contribution in [-0.4, -0.2) is 58.1 Å². The highest BCUT2D eigenvalue weighted by Gasteiger charge is 2.60. The molecule has 5 heteroatoms. The van der Waals surface area contributed by atoms with E-state index in [-0.39, 0.29) is 29.9 Å². The first kappa shape index (κ1) is 11.4. The van der Waals surface area contributed by atoms with Crippen molar-refractivity contribution in [2.45, 2.75) is 43.8 Å². The molecule has 0 N–H and O–H groups in total. The van der Waals surface area contributed by atoms with Gasteiger partial charge in [-0.25, -0.2) is 0 Å². The third-order valence-corrected chi connectivity index (χ3v) is 3.14. The van der Waals surface area contributed by atoms with Crippen molar-refractivity contribution in [2.75, 3.05) is 20.3 Å². The first-order valence-electron chi connectivity index (χ1n) is 5.53. The van der Waals surface area contributed by atoms with Crippen molar-refractivity contribution in [1.82, 2.24) is 0 Å². The number of methoxy groups -OCH3 is 1. The molecule has 0 amide bonds. The number of ether oxygens (including phenoxy) is 4. The Kier molecular flexibility index (Phi) is 3.08. The van der Waals surface area contributed by atoms with Crippen molar-refractivity contribution >= 4 is 7.85 Å². The minimum atomic E-state index is -0.386. The molecule has 2 rings (SSSR count). The van der Waals surface area contributed by atoms with Crippen molar-refractivity contribution in [3.8, 4) is 0 Å². The highest BCUT2D eigenvalue weighted by Crippen LogP contribution is 2.40. The summed E-state index contributed by atoms with van der Waals surface area (Å²) in [7, 11) is 3.73. The maximum atomic E-state index is 5.93. The Morgan fingerprint density at radius 3 is 2.80 bits per heavy atom. The summed E-state index contributed by atoms with van der Waals surface area (Å²) < 4.78 is 22.7. The molecule has 4 nitrogen and oxygen atoms in total. The highest BCUT2D eigenvalue weighted by molar-refractivity contribution is 6.11. The standard InChI is InChI=1S/C10H19BO4/c1-6(2)13-4-10-5-14-7(8(10)12-3)9(11)15-10/h6-9H,4-5,11H2,1-3H3. The second-order valence-corrected chi connectivity index (χ2v) is 4.68. The average molecular weight is 214 g/mol. The third-order valence-electron chi connectivity index (χ3n) is 3.14. The van der Waals surface area contributed by atoms with Crippen LogP contribution in [-0.2, 0) is 18.9 Å². The molecule has 2 bridgehead atoms. The summed E-state index contributed by atoms with van der Waals surface area (Å²) in [5.74, 6) is 0. The van der Waals surface area contributed by atoms with Crippen LogP contribution in [0.4, 0.5) is 0 Å². The Balaban J connectivity index is 2.05. The predicted molar refractivity (Wildman–Crippen MR) is 57.8 cm³/mol. The maximum absolute atomic E-state index is 5.93. The van der Waals surface area contributed by atoms with Gasteiger partial charge in [0, 0.05) is 7.11 Å². The zero-order valence-corrected chi connectivity index (χ0v) is 9.86. The van der Waals surface area contributed by atoms with Crippen molar-refractivity contribution < 1.29 is 18.9 Å². The topological polar surface area (TPSA) is 36.9 Å². The molecule has 2 aliphatic heterocycles. The molecule has 0 saturated carbocycles. The second kappa shape index (κ2) is 4.05. The van der Waals surface area contributed by atoms with Gasteiger partial charge in [0.1, 0.15) is 25.7 Å². The molecule has 2 saturated heterocycles. The van der Waals surface area contributed by atoms with Crippen LogP contribution in [0.25, 0.3) is 0 Å². The first-order valence-corrected chi connectivity index (χ1v) is 5.53. The summed E-state index contributed by atoms with van der Waals surface area (Å²) in [5, 5.41) is 0. The van der Waals surface area contributed by atoms with E-state index in [2.05, 4.69) is 0 Å². The zero-order valence-electron chi connectivity index (χ0n) is 9.86. The van der Waals surface area contributed by atoms with E-state index in [1.807, 2.05) is 21.7 Å². The lowest BCUT2D eigenvalue weighted by atomic mass is 9.92. The van der Waals surface area contributed by atoms with Crippen LogP contribution in [0.1, 0.15) is 13.8 Å². The van der Waals surface area contributed by atoms with Gasteiger partial charge in [-0.15, -0.1) is 0 Å². The van der Waals surface area contributed by atoms with E-state index in [0.29, 0.717) is 13.2 Å². The fourth-order valence-electron chi connectivity index (χ4n) is 2.44. The summed E-state index contributed by atoms with van der Waals surface area (Å²) >= 11 is 0. The van der Waals surface area contributed by atoms with E-state index >= 15 is 0 Å². The molecule has 0 aromatic carbocycles. The molecule has 2 fully saturated rings. The van der Waals surface area contributed by atoms with Gasteiger partial charge in [-0.3, -0.25) is 0 Å². The van der Waals surface area contributed by atoms with Gasteiger partial charge in [0.25, 0.3) is 0 Å². The van der Waals surface area contributed by atoms with Gasteiger partial charge in [-0.05, 0) is 13.8 Å². The van der Waals surface area contributed by atoms with Gasteiger partial charge >= 0.3 is 0 Å². The van der Waals surface area contributed by atoms with Crippen LogP contribution in [0.2, 0.25) is 0 Å². The monoisotopic (exact) mass is 214 g/mol. The summed E-state index contributed by atoms with van der Waals surface area (Å²) in [6, 6.07) is 0.0967. The first-order chi connectivity index (χ1) is 7.09. The van der Waals surface area contributed by atoms with Crippen LogP contribution in [0.15, 0.2) is 0 Å². The van der Waals surface area contributed by atoms with Crippen molar-refractivity contribution in [3.63, 3.8) is 0 Å². The van der Waals surface area contributed by atoms with Crippen LogP contribution >= 0.6 is 0 Å². The Morgan fingerprint density at radius 2 is 2.27 bits per heavy atom. The molecule has 0 aromatic rings. The Hall–Kier alpha value is -0.0951. The number of hydrogen-bond donors (Lipinski definition) is 0. The zero-order chi connectivity index (χ0) is 11.1. The second-order valence-electron chi connectivity index (χ2n) is 4.68. The third kappa shape index (κ3) is 1.82. The van der Waals surface area contributed by atoms with Crippen molar-refractivity contribution in [2.24, 2.45) is 0 Å². The Bertz CT molecular complexity index is 235. The lowest BCUT2D eigenvalue weighted by molar-refractivity contribution is -0.155. The molecule has 0 spiro atoms. The number of fused-ring (bicyclic) bond motifs is 2. The van der Waals surface area contributed by atoms with Crippen LogP contribution in [0.3, 0.4) is 0 Å². The smallest absolute Gasteiger partial charge is 0.143 e. The maximum Gasteiger partial charge on any atom is 0.143 e. The molecular weight excluding hydrogens is 195 g/mol. The van der Waals surface area contributed by atoms with Gasteiger partial charge in [0.05, 0.1) is 25.3 Å². The average Bonchev–Trinajstić information content (AvgIpc) is 2.66. The lowest BCUT2D eigenvalue weighted by Crippen LogP contribution is -2.46. The van der Waals surface area contributed by atoms with Crippen LogP contribution < -0.4 is 0 Å². The van der Waals surface area contributed by atoms with Crippen molar-refractivity contribution in [1.29, 1.82) is 0 Å². The molecule has 86 valence electrons. The molecule has 0 aliphatic carbocycles. The lowest BCUT2D eigenvalue weighted by Gasteiger charge is -2.30. The summed E-state index contributed by atoms with van der Waals surface area (Å²) in [6.07, 6.45) is 0.271. The predicted octanol–water partition coefficient (Wildman–Crippen LogP) is -0.447. The van der Waals surface area contributed by atoms with Crippen molar-refractivity contribution in [3.05, 3.63) is 0 Å². The minimum absolute atomic E-state index is 0.00579. The van der Waals surface area contributed by atoms with E-state index in [1.54, 1.807) is 7.11 Å². The molecule has 4 atom stereocenters. The van der Waals surface area contributed by atoms with Gasteiger partial charge < -0.3 is 18.9 Å². The number of rotatable bonds is 4. The quantitative estimate of drug-likeness (QED) is 0.594. The SMILES string of the molecule is BC1OC2(COC(C)C)COC1C2OC. The van der Waals surface area contributed by atoms with E-state index in [9.17, 15) is 0 Å². The Morgan fingerprint density at radius 1 is 1.53 bits per heavy atom. The van der Waals surface area contributed by atoms with Gasteiger partial charge in [-0.1, -0.05) is 0 Å². The number of hydrogen-bond acceptors (Lipinski definition) is 4. The molecule has 2 aliphatic rings. The van der Waals surface area contributed by atoms with Gasteiger partial charge in [-0.2, -0.15) is 0 Å². The normalized spacial score (nSPS) is 44.1. The van der Waals surface area contributed by atoms with Gasteiger partial charge in [0.15, 0.2) is 0 Å². The minimum Gasteiger partial charge on any atom is -0.376 e. The Labute approximate surface area is 91.6 Å². The molecular formula is C10H19BO4. The molecule has 2 heterocycles. The molecule has 15 heavy (non-hydrogen) atoms. The summed E-state index contributed by atoms with van der Waals surface area (Å²) in [5.41, 5.74) is -0.386. The fourth-order valence-corrected chi connectivity index (χ4v) is 2.44. The largest absolute Gasteiger partial charge is 0.376 e. The van der Waals surface area contributed by atoms with Crippen LogP contribution in [0.5, 0.6) is 0 Å². The molecule has 4 unspecified atom stereocenters. The fraction of sp³-hybridized carbons (Fsp3) is 1.00. The molecule has 0 radical (unpaired) electrons. The summed E-state index contributed by atoms with van der Waals surface area (Å²) in [6.45, 7) is 5.16. The van der Waals surface area contributed by atoms with E-state index in [4.69, 9.17) is 18.9 Å². The van der Waals surface area contributed by atoms with Gasteiger partial charge in [0.2, 0.25) is 0 Å². The van der Waals surface area contributed by atoms with E-state index in [1.165, 1.54) is 0 Å². The summed E-state index contributed by atoms with van der Waals surface area (Å²) in [4.78, 5) is 0. The molecule has 0 aromatic heterocycles. The van der Waals surface area contributed by atoms with E-state index in [0.717, 1.165) is 0 Å².